The average molecular weight is 515 g/mol. The summed E-state index contributed by atoms with van der Waals surface area (Å²) < 4.78 is 31.0. The molecule has 3 unspecified atom stereocenters. The highest BCUT2D eigenvalue weighted by Crippen LogP contribution is 2.55. The molecule has 0 radical (unpaired) electrons. The molecule has 1 fully saturated rings. The number of phosphoric acid groups is 1. The third-order valence-corrected chi connectivity index (χ3v) is 8.06. The SMILES string of the molecule is CC(C)CCCCCC1C(=O)OOP(=O)(OS)OSOC(=O)C1(C)CCCCCC(C)C. The molecule has 0 spiro atoms. The molecule has 0 aromatic rings. The number of carbonyl (C=O) groups is 2. The van der Waals surface area contributed by atoms with Crippen molar-refractivity contribution in [2.75, 3.05) is 0 Å². The van der Waals surface area contributed by atoms with Gasteiger partial charge >= 0.3 is 19.8 Å². The van der Waals surface area contributed by atoms with Crippen LogP contribution in [0.1, 0.15) is 98.8 Å². The first kappa shape index (κ1) is 29.8. The third-order valence-electron chi connectivity index (χ3n) is 5.81. The molecule has 1 saturated heterocycles. The van der Waals surface area contributed by atoms with Crippen LogP contribution in [0.2, 0.25) is 0 Å². The van der Waals surface area contributed by atoms with Gasteiger partial charge in [-0.15, -0.1) is 0 Å². The summed E-state index contributed by atoms with van der Waals surface area (Å²) in [4.78, 5) is 30.8. The molecular weight excluding hydrogens is 475 g/mol. The Balaban J connectivity index is 2.95. The first-order valence-corrected chi connectivity index (χ1v) is 13.9. The van der Waals surface area contributed by atoms with Gasteiger partial charge in [-0.1, -0.05) is 83.7 Å². The first-order valence-electron chi connectivity index (χ1n) is 11.4. The van der Waals surface area contributed by atoms with E-state index in [0.717, 1.165) is 51.4 Å². The van der Waals surface area contributed by atoms with Crippen molar-refractivity contribution in [1.29, 1.82) is 0 Å². The summed E-state index contributed by atoms with van der Waals surface area (Å²) in [5.41, 5.74) is -1.13. The molecule has 1 heterocycles. The Bertz CT molecular complexity index is 631. The predicted molar refractivity (Wildman–Crippen MR) is 127 cm³/mol. The molecule has 0 amide bonds. The topological polar surface area (TPSA) is 97.4 Å². The van der Waals surface area contributed by atoms with Crippen LogP contribution in [-0.2, 0) is 35.8 Å². The van der Waals surface area contributed by atoms with E-state index in [1.807, 2.05) is 0 Å². The van der Waals surface area contributed by atoms with E-state index in [2.05, 4.69) is 49.2 Å². The maximum Gasteiger partial charge on any atom is 0.535 e. The maximum absolute atomic E-state index is 13.0. The summed E-state index contributed by atoms with van der Waals surface area (Å²) in [6.07, 6.45) is 8.57. The lowest BCUT2D eigenvalue weighted by atomic mass is 9.71. The molecular formula is C21H39O8PS2. The molecule has 0 aromatic carbocycles. The highest BCUT2D eigenvalue weighted by Gasteiger charge is 2.49. The Morgan fingerprint density at radius 3 is 2.19 bits per heavy atom. The fourth-order valence-corrected chi connectivity index (χ4v) is 5.17. The van der Waals surface area contributed by atoms with E-state index in [-0.39, 0.29) is 12.3 Å². The highest BCUT2D eigenvalue weighted by atomic mass is 32.2. The highest BCUT2D eigenvalue weighted by molar-refractivity contribution is 7.95. The van der Waals surface area contributed by atoms with Crippen molar-refractivity contribution < 1.29 is 35.8 Å². The molecule has 0 aliphatic carbocycles. The Morgan fingerprint density at radius 1 is 1.03 bits per heavy atom. The minimum atomic E-state index is -4.33. The van der Waals surface area contributed by atoms with Crippen LogP contribution in [-0.4, -0.2) is 11.9 Å². The molecule has 188 valence electrons. The van der Waals surface area contributed by atoms with Gasteiger partial charge in [-0.3, -0.25) is 9.68 Å². The van der Waals surface area contributed by atoms with Crippen molar-refractivity contribution in [1.82, 2.24) is 0 Å². The average Bonchev–Trinajstić information content (AvgIpc) is 2.73. The molecule has 32 heavy (non-hydrogen) atoms. The van der Waals surface area contributed by atoms with Gasteiger partial charge in [0.15, 0.2) is 0 Å². The Kier molecular flexibility index (Phi) is 13.9. The molecule has 8 nitrogen and oxygen atoms in total. The third kappa shape index (κ3) is 10.3. The molecule has 11 heteroatoms. The molecule has 3 atom stereocenters. The smallest absolute Gasteiger partial charge is 0.363 e. The molecule has 1 aliphatic rings. The quantitative estimate of drug-likeness (QED) is 0.0886. The normalized spacial score (nSPS) is 27.4. The van der Waals surface area contributed by atoms with E-state index < -0.39 is 31.1 Å². The summed E-state index contributed by atoms with van der Waals surface area (Å²) in [7, 11) is -4.33. The van der Waals surface area contributed by atoms with E-state index >= 15 is 0 Å². The summed E-state index contributed by atoms with van der Waals surface area (Å²) in [6.45, 7) is 10.4. The van der Waals surface area contributed by atoms with Gasteiger partial charge in [0.25, 0.3) is 0 Å². The summed E-state index contributed by atoms with van der Waals surface area (Å²) in [6, 6.07) is 0. The van der Waals surface area contributed by atoms with Crippen molar-refractivity contribution in [2.45, 2.75) is 98.8 Å². The van der Waals surface area contributed by atoms with Crippen LogP contribution in [0.5, 0.6) is 0 Å². The van der Waals surface area contributed by atoms with Crippen LogP contribution < -0.4 is 0 Å². The molecule has 0 saturated carbocycles. The zero-order chi connectivity index (χ0) is 24.2. The Hall–Kier alpha value is -0.250. The zero-order valence-electron chi connectivity index (χ0n) is 19.9. The van der Waals surface area contributed by atoms with Crippen LogP contribution in [0.15, 0.2) is 0 Å². The lowest BCUT2D eigenvalue weighted by molar-refractivity contribution is -0.231. The van der Waals surface area contributed by atoms with Crippen LogP contribution in [0.25, 0.3) is 0 Å². The summed E-state index contributed by atoms with van der Waals surface area (Å²) in [5.74, 6) is -1.00. The van der Waals surface area contributed by atoms with Crippen molar-refractivity contribution in [3.8, 4) is 0 Å². The number of hydrogen-bond donors (Lipinski definition) is 1. The summed E-state index contributed by atoms with van der Waals surface area (Å²) in [5, 5.41) is 0. The van der Waals surface area contributed by atoms with E-state index in [9.17, 15) is 14.2 Å². The second-order valence-electron chi connectivity index (χ2n) is 9.51. The molecule has 1 rings (SSSR count). The van der Waals surface area contributed by atoms with Gasteiger partial charge in [-0.2, -0.15) is 3.97 Å². The monoisotopic (exact) mass is 514 g/mol. The number of thiol groups is 1. The predicted octanol–water partition coefficient (Wildman–Crippen LogP) is 7.40. The van der Waals surface area contributed by atoms with Crippen LogP contribution in [0, 0.1) is 23.2 Å². The zero-order valence-corrected chi connectivity index (χ0v) is 22.5. The number of unbranched alkanes of at least 4 members (excludes halogenated alkanes) is 4. The lowest BCUT2D eigenvalue weighted by Gasteiger charge is -2.34. The van der Waals surface area contributed by atoms with E-state index in [0.29, 0.717) is 24.7 Å². The Labute approximate surface area is 202 Å². The van der Waals surface area contributed by atoms with Crippen LogP contribution in [0.3, 0.4) is 0 Å². The Morgan fingerprint density at radius 2 is 1.62 bits per heavy atom. The van der Waals surface area contributed by atoms with Crippen molar-refractivity contribution >= 4 is 45.0 Å². The number of carbonyl (C=O) groups excluding carboxylic acids is 2. The molecule has 0 aromatic heterocycles. The van der Waals surface area contributed by atoms with Gasteiger partial charge in [-0.25, -0.2) is 13.3 Å². The van der Waals surface area contributed by atoms with Crippen molar-refractivity contribution in [2.24, 2.45) is 23.2 Å². The maximum atomic E-state index is 13.0. The first-order chi connectivity index (χ1) is 15.0. The number of hydrogen-bond acceptors (Lipinski definition) is 10. The van der Waals surface area contributed by atoms with E-state index in [1.54, 1.807) is 6.92 Å². The van der Waals surface area contributed by atoms with Gasteiger partial charge in [0.05, 0.1) is 11.3 Å². The molecule has 0 bridgehead atoms. The van der Waals surface area contributed by atoms with Crippen LogP contribution in [0.4, 0.5) is 0 Å². The van der Waals surface area contributed by atoms with Gasteiger partial charge in [0, 0.05) is 0 Å². The second-order valence-corrected chi connectivity index (χ2v) is 12.1. The van der Waals surface area contributed by atoms with Crippen molar-refractivity contribution in [3.05, 3.63) is 0 Å². The molecule has 0 N–H and O–H groups in total. The van der Waals surface area contributed by atoms with Gasteiger partial charge in [0.2, 0.25) is 12.3 Å². The van der Waals surface area contributed by atoms with Gasteiger partial charge in [0.1, 0.15) is 0 Å². The minimum absolute atomic E-state index is 0.177. The largest absolute Gasteiger partial charge is 0.535 e. The van der Waals surface area contributed by atoms with Gasteiger partial charge < -0.3 is 4.18 Å². The molecule has 1 aliphatic heterocycles. The van der Waals surface area contributed by atoms with Crippen molar-refractivity contribution in [3.63, 3.8) is 0 Å². The van der Waals surface area contributed by atoms with E-state index in [1.165, 1.54) is 0 Å². The minimum Gasteiger partial charge on any atom is -0.363 e. The van der Waals surface area contributed by atoms with Crippen LogP contribution >= 0.6 is 33.1 Å². The van der Waals surface area contributed by atoms with E-state index in [4.69, 9.17) is 13.0 Å². The van der Waals surface area contributed by atoms with Gasteiger partial charge in [-0.05, 0) is 44.5 Å². The standard InChI is InChI=1S/C21H39O8PS2/c1-16(2)12-8-6-10-14-18-19(22)25-27-30(24,28-31)29-32-26-20(23)21(18,5)15-11-7-9-13-17(3)4/h16-18,31H,6-15H2,1-5H3. The fourth-order valence-electron chi connectivity index (χ4n) is 3.77. The number of rotatable bonds is 13. The lowest BCUT2D eigenvalue weighted by Crippen LogP contribution is -2.42. The second kappa shape index (κ2) is 14.9. The summed E-state index contributed by atoms with van der Waals surface area (Å²) >= 11 is 3.60. The fraction of sp³-hybridized carbons (Fsp3) is 0.905.